The Morgan fingerprint density at radius 3 is 2.42 bits per heavy atom. The molecular formula is C24H21ClN2O5S. The van der Waals surface area contributed by atoms with Crippen molar-refractivity contribution in [2.45, 2.75) is 4.90 Å². The van der Waals surface area contributed by atoms with E-state index in [9.17, 15) is 18.0 Å². The van der Waals surface area contributed by atoms with Crippen LogP contribution in [0.4, 0.5) is 11.4 Å². The molecule has 0 heterocycles. The van der Waals surface area contributed by atoms with Gasteiger partial charge in [0.05, 0.1) is 22.7 Å². The predicted octanol–water partition coefficient (Wildman–Crippen LogP) is 4.66. The van der Waals surface area contributed by atoms with E-state index in [1.165, 1.54) is 36.4 Å². The van der Waals surface area contributed by atoms with Crippen LogP contribution in [-0.2, 0) is 14.6 Å². The second-order valence-corrected chi connectivity index (χ2v) is 9.47. The normalized spacial score (nSPS) is 11.2. The van der Waals surface area contributed by atoms with Gasteiger partial charge in [0.2, 0.25) is 5.91 Å². The molecule has 3 aromatic carbocycles. The highest BCUT2D eigenvalue weighted by molar-refractivity contribution is 7.90. The van der Waals surface area contributed by atoms with Crippen molar-refractivity contribution in [3.05, 3.63) is 89.0 Å². The minimum atomic E-state index is -3.44. The Morgan fingerprint density at radius 2 is 1.73 bits per heavy atom. The zero-order chi connectivity index (χ0) is 24.0. The van der Waals surface area contributed by atoms with Crippen molar-refractivity contribution in [2.24, 2.45) is 0 Å². The number of methoxy groups -OCH3 is 1. The second-order valence-electron chi connectivity index (χ2n) is 7.05. The number of carbonyl (C=O) groups excluding carboxylic acids is 2. The number of ether oxygens (including phenoxy) is 1. The first-order valence-electron chi connectivity index (χ1n) is 9.70. The minimum Gasteiger partial charge on any atom is -0.497 e. The average molecular weight is 485 g/mol. The minimum absolute atomic E-state index is 0.0429. The molecule has 3 aromatic rings. The van der Waals surface area contributed by atoms with E-state index >= 15 is 0 Å². The molecule has 0 saturated carbocycles. The number of nitrogens with one attached hydrogen (secondary N) is 2. The third-order valence-electron chi connectivity index (χ3n) is 4.53. The summed E-state index contributed by atoms with van der Waals surface area (Å²) in [5.41, 5.74) is 1.74. The number of hydrogen-bond donors (Lipinski definition) is 2. The van der Waals surface area contributed by atoms with E-state index in [2.05, 4.69) is 10.6 Å². The summed E-state index contributed by atoms with van der Waals surface area (Å²) in [6, 6.07) is 17.6. The van der Waals surface area contributed by atoms with Gasteiger partial charge in [0.15, 0.2) is 9.84 Å². The van der Waals surface area contributed by atoms with Crippen LogP contribution in [0.2, 0.25) is 5.02 Å². The summed E-state index contributed by atoms with van der Waals surface area (Å²) < 4.78 is 28.6. The molecule has 0 atom stereocenters. The van der Waals surface area contributed by atoms with E-state index in [-0.39, 0.29) is 21.4 Å². The van der Waals surface area contributed by atoms with Crippen LogP contribution in [0.5, 0.6) is 5.75 Å². The van der Waals surface area contributed by atoms with Crippen molar-refractivity contribution in [1.29, 1.82) is 0 Å². The van der Waals surface area contributed by atoms with E-state index in [0.29, 0.717) is 17.1 Å². The highest BCUT2D eigenvalue weighted by Crippen LogP contribution is 2.26. The molecule has 0 unspecified atom stereocenters. The van der Waals surface area contributed by atoms with Gasteiger partial charge in [-0.3, -0.25) is 9.59 Å². The molecule has 33 heavy (non-hydrogen) atoms. The van der Waals surface area contributed by atoms with Gasteiger partial charge in [-0.05, 0) is 60.2 Å². The van der Waals surface area contributed by atoms with E-state index < -0.39 is 15.7 Å². The van der Waals surface area contributed by atoms with Gasteiger partial charge in [-0.2, -0.15) is 0 Å². The highest BCUT2D eigenvalue weighted by atomic mass is 35.5. The number of carbonyl (C=O) groups is 2. The van der Waals surface area contributed by atoms with Crippen molar-refractivity contribution in [3.8, 4) is 5.75 Å². The molecule has 170 valence electrons. The number of sulfone groups is 1. The number of hydrogen-bond acceptors (Lipinski definition) is 5. The molecule has 0 aliphatic carbocycles. The summed E-state index contributed by atoms with van der Waals surface area (Å²) in [5.74, 6) is -0.186. The lowest BCUT2D eigenvalue weighted by molar-refractivity contribution is -0.111. The van der Waals surface area contributed by atoms with Crippen LogP contribution in [0.1, 0.15) is 15.9 Å². The van der Waals surface area contributed by atoms with Crippen LogP contribution in [-0.4, -0.2) is 33.6 Å². The third-order valence-corrected chi connectivity index (χ3v) is 5.95. The zero-order valence-electron chi connectivity index (χ0n) is 17.8. The first-order chi connectivity index (χ1) is 15.7. The van der Waals surface area contributed by atoms with Crippen LogP contribution in [0.3, 0.4) is 0 Å². The fraction of sp³-hybridized carbons (Fsp3) is 0.0833. The quantitative estimate of drug-likeness (QED) is 0.475. The standard InChI is InChI=1S/C24H21ClN2O5S/c1-32-19-7-3-5-16(13-19)9-12-23(28)26-18-10-11-22(21(25)15-18)27-24(29)17-6-4-8-20(14-17)33(2,30)31/h3-15H,1-2H3,(H,26,28)(H,27,29)/b12-9+. The Labute approximate surface area is 197 Å². The predicted molar refractivity (Wildman–Crippen MR) is 130 cm³/mol. The summed E-state index contributed by atoms with van der Waals surface area (Å²) in [7, 11) is -1.87. The lowest BCUT2D eigenvalue weighted by atomic mass is 10.2. The van der Waals surface area contributed by atoms with Gasteiger partial charge in [-0.1, -0.05) is 29.8 Å². The third kappa shape index (κ3) is 6.68. The van der Waals surface area contributed by atoms with Crippen molar-refractivity contribution in [2.75, 3.05) is 24.0 Å². The number of halogens is 1. The molecule has 0 bridgehead atoms. The van der Waals surface area contributed by atoms with E-state index in [1.54, 1.807) is 31.4 Å². The van der Waals surface area contributed by atoms with Gasteiger partial charge < -0.3 is 15.4 Å². The van der Waals surface area contributed by atoms with Gasteiger partial charge >= 0.3 is 0 Å². The molecule has 9 heteroatoms. The summed E-state index contributed by atoms with van der Waals surface area (Å²) in [4.78, 5) is 24.8. The van der Waals surface area contributed by atoms with Gasteiger partial charge in [0.25, 0.3) is 5.91 Å². The fourth-order valence-corrected chi connectivity index (χ4v) is 3.75. The summed E-state index contributed by atoms with van der Waals surface area (Å²) in [6.07, 6.45) is 4.10. The Hall–Kier alpha value is -3.62. The molecule has 0 aliphatic rings. The van der Waals surface area contributed by atoms with Crippen molar-refractivity contribution >= 4 is 50.7 Å². The monoisotopic (exact) mass is 484 g/mol. The molecule has 0 spiro atoms. The van der Waals surface area contributed by atoms with Gasteiger partial charge in [-0.25, -0.2) is 8.42 Å². The maximum Gasteiger partial charge on any atom is 0.255 e. The summed E-state index contributed by atoms with van der Waals surface area (Å²) in [5, 5.41) is 5.54. The van der Waals surface area contributed by atoms with E-state index in [4.69, 9.17) is 16.3 Å². The van der Waals surface area contributed by atoms with Crippen molar-refractivity contribution < 1.29 is 22.7 Å². The average Bonchev–Trinajstić information content (AvgIpc) is 2.79. The largest absolute Gasteiger partial charge is 0.497 e. The maximum atomic E-state index is 12.5. The fourth-order valence-electron chi connectivity index (χ4n) is 2.86. The maximum absolute atomic E-state index is 12.5. The second kappa shape index (κ2) is 10.3. The van der Waals surface area contributed by atoms with E-state index in [0.717, 1.165) is 11.8 Å². The lowest BCUT2D eigenvalue weighted by Gasteiger charge is -2.10. The molecular weight excluding hydrogens is 464 g/mol. The van der Waals surface area contributed by atoms with Crippen molar-refractivity contribution in [1.82, 2.24) is 0 Å². The van der Waals surface area contributed by atoms with Gasteiger partial charge in [0, 0.05) is 23.6 Å². The Morgan fingerprint density at radius 1 is 0.970 bits per heavy atom. The highest BCUT2D eigenvalue weighted by Gasteiger charge is 2.13. The lowest BCUT2D eigenvalue weighted by Crippen LogP contribution is -2.13. The smallest absolute Gasteiger partial charge is 0.255 e. The first-order valence-corrected chi connectivity index (χ1v) is 12.0. The van der Waals surface area contributed by atoms with Gasteiger partial charge in [0.1, 0.15) is 5.75 Å². The topological polar surface area (TPSA) is 102 Å². The number of anilines is 2. The number of rotatable bonds is 7. The van der Waals surface area contributed by atoms with E-state index in [1.807, 2.05) is 18.2 Å². The van der Waals surface area contributed by atoms with Crippen molar-refractivity contribution in [3.63, 3.8) is 0 Å². The molecule has 2 amide bonds. The molecule has 0 radical (unpaired) electrons. The zero-order valence-corrected chi connectivity index (χ0v) is 19.4. The first kappa shape index (κ1) is 24.0. The molecule has 0 fully saturated rings. The molecule has 0 aliphatic heterocycles. The van der Waals surface area contributed by atoms with Crippen LogP contribution >= 0.6 is 11.6 Å². The Bertz CT molecular complexity index is 1340. The summed E-state index contributed by atoms with van der Waals surface area (Å²) >= 11 is 6.26. The molecule has 0 aromatic heterocycles. The number of benzene rings is 3. The molecule has 2 N–H and O–H groups in total. The molecule has 0 saturated heterocycles. The van der Waals surface area contributed by atoms with Crippen LogP contribution in [0.15, 0.2) is 77.7 Å². The Balaban J connectivity index is 1.66. The Kier molecular flexibility index (Phi) is 7.52. The van der Waals surface area contributed by atoms with Crippen LogP contribution < -0.4 is 15.4 Å². The van der Waals surface area contributed by atoms with Crippen LogP contribution in [0, 0.1) is 0 Å². The number of amides is 2. The SMILES string of the molecule is COc1cccc(/C=C/C(=O)Nc2ccc(NC(=O)c3cccc(S(C)(=O)=O)c3)c(Cl)c2)c1. The summed E-state index contributed by atoms with van der Waals surface area (Å²) in [6.45, 7) is 0. The molecule has 7 nitrogen and oxygen atoms in total. The molecule has 3 rings (SSSR count). The van der Waals surface area contributed by atoms with Crippen LogP contribution in [0.25, 0.3) is 6.08 Å². The van der Waals surface area contributed by atoms with Gasteiger partial charge in [-0.15, -0.1) is 0 Å².